The van der Waals surface area contributed by atoms with Gasteiger partial charge in [0, 0.05) is 18.5 Å². The van der Waals surface area contributed by atoms with E-state index in [1.165, 1.54) is 23.5 Å². The topological polar surface area (TPSA) is 62.3 Å². The van der Waals surface area contributed by atoms with Crippen molar-refractivity contribution in [1.82, 2.24) is 4.98 Å². The number of benzene rings is 2. The Morgan fingerprint density at radius 3 is 2.64 bits per heavy atom. The number of thiazole rings is 1. The van der Waals surface area contributed by atoms with E-state index in [0.29, 0.717) is 39.9 Å². The number of rotatable bonds is 4. The lowest BCUT2D eigenvalue weighted by atomic mass is 10.2. The minimum Gasteiger partial charge on any atom is -0.319 e. The Balaban J connectivity index is 1.60. The van der Waals surface area contributed by atoms with Crippen LogP contribution in [0.25, 0.3) is 10.6 Å². The monoisotopic (exact) mass is 395 g/mol. The van der Waals surface area contributed by atoms with Crippen LogP contribution in [0.15, 0.2) is 48.5 Å². The van der Waals surface area contributed by atoms with Gasteiger partial charge < -0.3 is 10.2 Å². The fraction of sp³-hybridized carbons (Fsp3) is 0.190. The number of aryl methyl sites for hydroxylation is 1. The molecule has 28 heavy (non-hydrogen) atoms. The number of halogens is 1. The third kappa shape index (κ3) is 3.53. The fourth-order valence-corrected chi connectivity index (χ4v) is 4.19. The molecule has 4 rings (SSSR count). The summed E-state index contributed by atoms with van der Waals surface area (Å²) in [5.74, 6) is -0.528. The van der Waals surface area contributed by atoms with Gasteiger partial charge in [0.2, 0.25) is 5.91 Å². The Morgan fingerprint density at radius 2 is 1.93 bits per heavy atom. The van der Waals surface area contributed by atoms with Gasteiger partial charge in [0.1, 0.15) is 15.7 Å². The summed E-state index contributed by atoms with van der Waals surface area (Å²) < 4.78 is 13.1. The van der Waals surface area contributed by atoms with Gasteiger partial charge in [-0.05, 0) is 49.7 Å². The molecule has 1 fully saturated rings. The number of amides is 2. The number of carbonyl (C=O) groups is 2. The number of hydrogen-bond acceptors (Lipinski definition) is 4. The van der Waals surface area contributed by atoms with E-state index in [1.807, 2.05) is 18.2 Å². The highest BCUT2D eigenvalue weighted by Crippen LogP contribution is 2.32. The van der Waals surface area contributed by atoms with Crippen molar-refractivity contribution < 1.29 is 14.0 Å². The second-order valence-electron chi connectivity index (χ2n) is 6.56. The standard InChI is InChI=1S/C21H18FN3O2S/c1-13-19(28-21(23-13)14-8-10-15(22)11-9-14)20(27)24-16-5-2-3-6-17(16)25-12-4-7-18(25)26/h2-3,5-6,8-11H,4,7,12H2,1H3,(H,24,27). The predicted molar refractivity (Wildman–Crippen MR) is 108 cm³/mol. The van der Waals surface area contributed by atoms with Crippen LogP contribution in [0.4, 0.5) is 15.8 Å². The van der Waals surface area contributed by atoms with Gasteiger partial charge in [-0.25, -0.2) is 9.37 Å². The zero-order chi connectivity index (χ0) is 19.7. The van der Waals surface area contributed by atoms with Crippen molar-refractivity contribution in [1.29, 1.82) is 0 Å². The molecule has 1 saturated heterocycles. The Labute approximate surface area is 165 Å². The largest absolute Gasteiger partial charge is 0.319 e. The molecule has 0 saturated carbocycles. The maximum Gasteiger partial charge on any atom is 0.267 e. The number of carbonyl (C=O) groups excluding carboxylic acids is 2. The molecular weight excluding hydrogens is 377 g/mol. The predicted octanol–water partition coefficient (Wildman–Crippen LogP) is 4.64. The van der Waals surface area contributed by atoms with Gasteiger partial charge >= 0.3 is 0 Å². The maximum atomic E-state index is 13.1. The van der Waals surface area contributed by atoms with Crippen molar-refractivity contribution in [2.75, 3.05) is 16.8 Å². The second-order valence-corrected chi connectivity index (χ2v) is 7.56. The number of nitrogens with one attached hydrogen (secondary N) is 1. The summed E-state index contributed by atoms with van der Waals surface area (Å²) in [7, 11) is 0. The SMILES string of the molecule is Cc1nc(-c2ccc(F)cc2)sc1C(=O)Nc1ccccc1N1CCCC1=O. The van der Waals surface area contributed by atoms with E-state index in [-0.39, 0.29) is 17.6 Å². The molecule has 3 aromatic rings. The number of anilines is 2. The molecule has 1 aliphatic rings. The van der Waals surface area contributed by atoms with Crippen LogP contribution in [0.1, 0.15) is 28.2 Å². The summed E-state index contributed by atoms with van der Waals surface area (Å²) in [5.41, 5.74) is 2.67. The van der Waals surface area contributed by atoms with Crippen LogP contribution in [0.5, 0.6) is 0 Å². The van der Waals surface area contributed by atoms with Crippen molar-refractivity contribution in [3.63, 3.8) is 0 Å². The molecule has 0 spiro atoms. The molecule has 0 bridgehead atoms. The average molecular weight is 395 g/mol. The van der Waals surface area contributed by atoms with E-state index in [2.05, 4.69) is 10.3 Å². The van der Waals surface area contributed by atoms with E-state index in [0.717, 1.165) is 12.0 Å². The number of aromatic nitrogens is 1. The first-order chi connectivity index (χ1) is 13.5. The first-order valence-corrected chi connectivity index (χ1v) is 9.78. The molecule has 2 amide bonds. The minimum atomic E-state index is -0.317. The summed E-state index contributed by atoms with van der Waals surface area (Å²) in [6.07, 6.45) is 1.34. The van der Waals surface area contributed by atoms with Gasteiger partial charge in [-0.1, -0.05) is 12.1 Å². The van der Waals surface area contributed by atoms with Gasteiger partial charge in [0.25, 0.3) is 5.91 Å². The molecule has 1 aliphatic heterocycles. The first-order valence-electron chi connectivity index (χ1n) is 8.97. The van der Waals surface area contributed by atoms with Gasteiger partial charge in [0.15, 0.2) is 0 Å². The molecule has 7 heteroatoms. The molecule has 0 aliphatic carbocycles. The van der Waals surface area contributed by atoms with E-state index in [4.69, 9.17) is 0 Å². The zero-order valence-electron chi connectivity index (χ0n) is 15.2. The van der Waals surface area contributed by atoms with Crippen molar-refractivity contribution >= 4 is 34.5 Å². The third-order valence-corrected chi connectivity index (χ3v) is 5.82. The smallest absolute Gasteiger partial charge is 0.267 e. The average Bonchev–Trinajstić information content (AvgIpc) is 3.28. The van der Waals surface area contributed by atoms with Gasteiger partial charge in [-0.2, -0.15) is 0 Å². The lowest BCUT2D eigenvalue weighted by Gasteiger charge is -2.19. The maximum absolute atomic E-state index is 13.1. The number of nitrogens with zero attached hydrogens (tertiary/aromatic N) is 2. The fourth-order valence-electron chi connectivity index (χ4n) is 3.22. The van der Waals surface area contributed by atoms with Gasteiger partial charge in [-0.3, -0.25) is 9.59 Å². The molecular formula is C21H18FN3O2S. The summed E-state index contributed by atoms with van der Waals surface area (Å²) in [6, 6.07) is 13.3. The Hall–Kier alpha value is -3.06. The summed E-state index contributed by atoms with van der Waals surface area (Å²) >= 11 is 1.26. The Kier molecular flexibility index (Phi) is 4.92. The van der Waals surface area contributed by atoms with Crippen molar-refractivity contribution in [3.8, 4) is 10.6 Å². The highest BCUT2D eigenvalue weighted by atomic mass is 32.1. The van der Waals surface area contributed by atoms with Crippen LogP contribution in [0, 0.1) is 12.7 Å². The van der Waals surface area contributed by atoms with E-state index in [1.54, 1.807) is 30.0 Å². The van der Waals surface area contributed by atoms with Crippen molar-refractivity contribution in [2.24, 2.45) is 0 Å². The normalized spacial score (nSPS) is 13.8. The molecule has 2 heterocycles. The van der Waals surface area contributed by atoms with Crippen LogP contribution in [0.2, 0.25) is 0 Å². The molecule has 5 nitrogen and oxygen atoms in total. The van der Waals surface area contributed by atoms with E-state index < -0.39 is 0 Å². The Morgan fingerprint density at radius 1 is 1.18 bits per heavy atom. The minimum absolute atomic E-state index is 0.0641. The third-order valence-electron chi connectivity index (χ3n) is 4.61. The molecule has 1 N–H and O–H groups in total. The molecule has 1 aromatic heterocycles. The van der Waals surface area contributed by atoms with E-state index >= 15 is 0 Å². The molecule has 0 unspecified atom stereocenters. The van der Waals surface area contributed by atoms with Crippen LogP contribution in [-0.4, -0.2) is 23.3 Å². The van der Waals surface area contributed by atoms with Gasteiger partial charge in [-0.15, -0.1) is 11.3 Å². The summed E-state index contributed by atoms with van der Waals surface area (Å²) in [4.78, 5) is 31.6. The number of para-hydroxylation sites is 2. The lowest BCUT2D eigenvalue weighted by Crippen LogP contribution is -2.25. The molecule has 142 valence electrons. The van der Waals surface area contributed by atoms with Crippen LogP contribution in [-0.2, 0) is 4.79 Å². The second kappa shape index (κ2) is 7.52. The zero-order valence-corrected chi connectivity index (χ0v) is 16.1. The van der Waals surface area contributed by atoms with Crippen molar-refractivity contribution in [2.45, 2.75) is 19.8 Å². The quantitative estimate of drug-likeness (QED) is 0.700. The summed E-state index contributed by atoms with van der Waals surface area (Å²) in [6.45, 7) is 2.42. The first kappa shape index (κ1) is 18.3. The molecule has 0 atom stereocenters. The number of hydrogen-bond donors (Lipinski definition) is 1. The Bertz CT molecular complexity index is 1050. The molecule has 2 aromatic carbocycles. The highest BCUT2D eigenvalue weighted by molar-refractivity contribution is 7.17. The summed E-state index contributed by atoms with van der Waals surface area (Å²) in [5, 5.41) is 3.57. The van der Waals surface area contributed by atoms with E-state index in [9.17, 15) is 14.0 Å². The highest BCUT2D eigenvalue weighted by Gasteiger charge is 2.25. The van der Waals surface area contributed by atoms with Gasteiger partial charge in [0.05, 0.1) is 17.1 Å². The van der Waals surface area contributed by atoms with Crippen molar-refractivity contribution in [3.05, 3.63) is 64.9 Å². The lowest BCUT2D eigenvalue weighted by molar-refractivity contribution is -0.117. The van der Waals surface area contributed by atoms with Crippen LogP contribution < -0.4 is 10.2 Å². The van der Waals surface area contributed by atoms with Crippen LogP contribution in [0.3, 0.4) is 0 Å². The molecule has 0 radical (unpaired) electrons. The van der Waals surface area contributed by atoms with Crippen LogP contribution >= 0.6 is 11.3 Å².